The molecule has 72 valence electrons. The number of hydrogen-bond acceptors (Lipinski definition) is 3. The summed E-state index contributed by atoms with van der Waals surface area (Å²) in [5.74, 6) is 0. The van der Waals surface area contributed by atoms with Crippen molar-refractivity contribution in [2.75, 3.05) is 0 Å². The average Bonchev–Trinajstić information content (AvgIpc) is 2.30. The molecule has 0 aromatic carbocycles. The van der Waals surface area contributed by atoms with Crippen LogP contribution in [0.1, 0.15) is 32.4 Å². The van der Waals surface area contributed by atoms with Crippen molar-refractivity contribution >= 4 is 0 Å². The summed E-state index contributed by atoms with van der Waals surface area (Å²) in [5.41, 5.74) is 0.382. The highest BCUT2D eigenvalue weighted by Gasteiger charge is 2.50. The first kappa shape index (κ1) is 8.69. The smallest absolute Gasteiger partial charge is 0.109 e. The summed E-state index contributed by atoms with van der Waals surface area (Å²) in [7, 11) is 1.81. The number of aliphatic hydroxyl groups is 1. The zero-order valence-corrected chi connectivity index (χ0v) is 8.28. The molecule has 0 radical (unpaired) electrons. The normalized spacial score (nSPS) is 24.0. The van der Waals surface area contributed by atoms with Crippen LogP contribution in [0.15, 0.2) is 6.20 Å². The van der Waals surface area contributed by atoms with Gasteiger partial charge in [-0.25, -0.2) is 4.68 Å². The van der Waals surface area contributed by atoms with E-state index in [0.717, 1.165) is 18.5 Å². The fraction of sp³-hybridized carbons (Fsp3) is 0.778. The number of aromatic nitrogens is 3. The molecule has 4 heteroatoms. The van der Waals surface area contributed by atoms with Crippen molar-refractivity contribution < 1.29 is 5.11 Å². The minimum atomic E-state index is -0.693. The lowest BCUT2D eigenvalue weighted by molar-refractivity contribution is -0.124. The minimum absolute atomic E-state index is 0.249. The molecule has 0 atom stereocenters. The molecule has 13 heavy (non-hydrogen) atoms. The fourth-order valence-corrected chi connectivity index (χ4v) is 2.42. The molecule has 2 rings (SSSR count). The van der Waals surface area contributed by atoms with Crippen molar-refractivity contribution in [2.24, 2.45) is 12.5 Å². The topological polar surface area (TPSA) is 50.9 Å². The molecule has 0 aliphatic heterocycles. The van der Waals surface area contributed by atoms with Crippen LogP contribution in [0, 0.1) is 5.41 Å². The molecule has 1 saturated carbocycles. The second-order valence-corrected chi connectivity index (χ2v) is 4.79. The molecular weight excluding hydrogens is 166 g/mol. The van der Waals surface area contributed by atoms with E-state index in [4.69, 9.17) is 0 Å². The summed E-state index contributed by atoms with van der Waals surface area (Å²) < 4.78 is 1.65. The molecule has 0 bridgehead atoms. The van der Waals surface area contributed by atoms with Crippen LogP contribution in [0.2, 0.25) is 0 Å². The Kier molecular flexibility index (Phi) is 1.55. The van der Waals surface area contributed by atoms with Crippen LogP contribution in [0.4, 0.5) is 0 Å². The van der Waals surface area contributed by atoms with Crippen molar-refractivity contribution in [3.05, 3.63) is 11.9 Å². The predicted molar refractivity (Wildman–Crippen MR) is 47.9 cm³/mol. The van der Waals surface area contributed by atoms with Crippen LogP contribution in [0.25, 0.3) is 0 Å². The molecule has 1 N–H and O–H groups in total. The van der Waals surface area contributed by atoms with Crippen molar-refractivity contribution in [3.63, 3.8) is 0 Å². The molecule has 1 fully saturated rings. The first-order chi connectivity index (χ1) is 5.93. The third kappa shape index (κ3) is 1.25. The molecule has 0 saturated heterocycles. The minimum Gasteiger partial charge on any atom is -0.383 e. The van der Waals surface area contributed by atoms with E-state index in [-0.39, 0.29) is 5.41 Å². The van der Waals surface area contributed by atoms with E-state index in [0.29, 0.717) is 0 Å². The lowest BCUT2D eigenvalue weighted by Crippen LogP contribution is -2.47. The summed E-state index contributed by atoms with van der Waals surface area (Å²) in [4.78, 5) is 0. The monoisotopic (exact) mass is 181 g/mol. The molecule has 0 unspecified atom stereocenters. The summed E-state index contributed by atoms with van der Waals surface area (Å²) >= 11 is 0. The van der Waals surface area contributed by atoms with E-state index in [1.54, 1.807) is 10.9 Å². The first-order valence-electron chi connectivity index (χ1n) is 4.51. The Bertz CT molecular complexity index is 321. The molecule has 0 amide bonds. The highest BCUT2D eigenvalue weighted by molar-refractivity contribution is 5.15. The average molecular weight is 181 g/mol. The van der Waals surface area contributed by atoms with E-state index in [2.05, 4.69) is 24.2 Å². The Morgan fingerprint density at radius 3 is 2.46 bits per heavy atom. The molecule has 1 aromatic rings. The largest absolute Gasteiger partial charge is 0.383 e. The number of rotatable bonds is 1. The predicted octanol–water partition coefficient (Wildman–Crippen LogP) is 0.823. The van der Waals surface area contributed by atoms with E-state index in [9.17, 15) is 5.11 Å². The van der Waals surface area contributed by atoms with Gasteiger partial charge in [0.15, 0.2) is 0 Å². The van der Waals surface area contributed by atoms with Crippen LogP contribution in [-0.4, -0.2) is 20.1 Å². The molecule has 0 spiro atoms. The van der Waals surface area contributed by atoms with E-state index in [1.165, 1.54) is 0 Å². The van der Waals surface area contributed by atoms with Gasteiger partial charge in [-0.1, -0.05) is 19.1 Å². The van der Waals surface area contributed by atoms with Crippen LogP contribution in [0.5, 0.6) is 0 Å². The fourth-order valence-electron chi connectivity index (χ4n) is 2.42. The summed E-state index contributed by atoms with van der Waals surface area (Å²) in [5, 5.41) is 17.8. The molecule has 1 heterocycles. The van der Waals surface area contributed by atoms with Gasteiger partial charge in [0.25, 0.3) is 0 Å². The molecule has 4 nitrogen and oxygen atoms in total. The summed E-state index contributed by atoms with van der Waals surface area (Å²) in [6.07, 6.45) is 3.23. The zero-order chi connectivity index (χ0) is 9.69. The van der Waals surface area contributed by atoms with Gasteiger partial charge in [-0.3, -0.25) is 0 Å². The third-order valence-electron chi connectivity index (χ3n) is 2.73. The highest BCUT2D eigenvalue weighted by atomic mass is 16.3. The lowest BCUT2D eigenvalue weighted by Gasteiger charge is -2.49. The van der Waals surface area contributed by atoms with Gasteiger partial charge in [0.1, 0.15) is 5.60 Å². The Morgan fingerprint density at radius 1 is 1.46 bits per heavy atom. The maximum atomic E-state index is 10.2. The van der Waals surface area contributed by atoms with Gasteiger partial charge in [0.05, 0.1) is 11.9 Å². The van der Waals surface area contributed by atoms with E-state index >= 15 is 0 Å². The van der Waals surface area contributed by atoms with E-state index < -0.39 is 5.60 Å². The Balaban J connectivity index is 2.25. The SMILES string of the molecule is Cn1nncc1C1(O)CC(C)(C)C1. The molecule has 1 aliphatic rings. The van der Waals surface area contributed by atoms with Crippen LogP contribution < -0.4 is 0 Å². The van der Waals surface area contributed by atoms with Gasteiger partial charge in [0, 0.05) is 7.05 Å². The van der Waals surface area contributed by atoms with Gasteiger partial charge >= 0.3 is 0 Å². The molecule has 1 aliphatic carbocycles. The maximum Gasteiger partial charge on any atom is 0.109 e. The second kappa shape index (κ2) is 2.32. The highest BCUT2D eigenvalue weighted by Crippen LogP contribution is 2.53. The maximum absolute atomic E-state index is 10.2. The number of nitrogens with zero attached hydrogens (tertiary/aromatic N) is 3. The van der Waals surface area contributed by atoms with Crippen molar-refractivity contribution in [1.82, 2.24) is 15.0 Å². The Morgan fingerprint density at radius 2 is 2.08 bits per heavy atom. The Hall–Kier alpha value is -0.900. The second-order valence-electron chi connectivity index (χ2n) is 4.79. The Labute approximate surface area is 77.6 Å². The van der Waals surface area contributed by atoms with Crippen LogP contribution >= 0.6 is 0 Å². The molecule has 1 aromatic heterocycles. The van der Waals surface area contributed by atoms with Crippen molar-refractivity contribution in [2.45, 2.75) is 32.3 Å². The standard InChI is InChI=1S/C9H15N3O/c1-8(2)5-9(13,6-8)7-4-10-11-12(7)3/h4,13H,5-6H2,1-3H3. The quantitative estimate of drug-likeness (QED) is 0.698. The van der Waals surface area contributed by atoms with Crippen molar-refractivity contribution in [3.8, 4) is 0 Å². The summed E-state index contributed by atoms with van der Waals surface area (Å²) in [6.45, 7) is 4.32. The van der Waals surface area contributed by atoms with Crippen molar-refractivity contribution in [1.29, 1.82) is 0 Å². The van der Waals surface area contributed by atoms with Crippen LogP contribution in [-0.2, 0) is 12.6 Å². The van der Waals surface area contributed by atoms with Gasteiger partial charge in [0.2, 0.25) is 0 Å². The molecular formula is C9H15N3O. The number of hydrogen-bond donors (Lipinski definition) is 1. The van der Waals surface area contributed by atoms with E-state index in [1.807, 2.05) is 7.05 Å². The summed E-state index contributed by atoms with van der Waals surface area (Å²) in [6, 6.07) is 0. The zero-order valence-electron chi connectivity index (χ0n) is 8.28. The van der Waals surface area contributed by atoms with Gasteiger partial charge < -0.3 is 5.11 Å². The first-order valence-corrected chi connectivity index (χ1v) is 4.51. The lowest BCUT2D eigenvalue weighted by atomic mass is 9.60. The number of aryl methyl sites for hydroxylation is 1. The van der Waals surface area contributed by atoms with Gasteiger partial charge in [-0.2, -0.15) is 0 Å². The third-order valence-corrected chi connectivity index (χ3v) is 2.73. The van der Waals surface area contributed by atoms with Gasteiger partial charge in [-0.15, -0.1) is 5.10 Å². The van der Waals surface area contributed by atoms with Gasteiger partial charge in [-0.05, 0) is 18.3 Å². The van der Waals surface area contributed by atoms with Crippen LogP contribution in [0.3, 0.4) is 0 Å².